The molecule has 1 heterocycles. The van der Waals surface area contributed by atoms with Crippen molar-refractivity contribution in [1.82, 2.24) is 0 Å². The Kier molecular flexibility index (Phi) is 3.29. The molecule has 1 aliphatic rings. The summed E-state index contributed by atoms with van der Waals surface area (Å²) in [5.74, 6) is -0.0724. The first-order valence-corrected chi connectivity index (χ1v) is 6.03. The molecule has 2 rings (SSSR count). The maximum atomic E-state index is 13.6. The van der Waals surface area contributed by atoms with E-state index in [1.165, 1.54) is 5.56 Å². The molecule has 88 valence electrons. The van der Waals surface area contributed by atoms with Crippen molar-refractivity contribution in [2.45, 2.75) is 52.2 Å². The zero-order valence-corrected chi connectivity index (χ0v) is 10.2. The van der Waals surface area contributed by atoms with E-state index in [1.54, 1.807) is 6.07 Å². The normalized spacial score (nSPS) is 23.5. The van der Waals surface area contributed by atoms with Gasteiger partial charge in [-0.25, -0.2) is 4.39 Å². The number of benzene rings is 1. The molecular weight excluding hydrogens is 203 g/mol. The minimum Gasteiger partial charge on any atom is -0.370 e. The number of epoxide rings is 1. The van der Waals surface area contributed by atoms with Crippen LogP contribution in [0.15, 0.2) is 12.1 Å². The summed E-state index contributed by atoms with van der Waals surface area (Å²) in [4.78, 5) is 0. The SMILES string of the molecule is CCC1OC1CCc1cc(C)c(C)cc1F. The molecule has 2 heteroatoms. The molecule has 1 saturated heterocycles. The molecule has 2 atom stereocenters. The fourth-order valence-corrected chi connectivity index (χ4v) is 2.12. The maximum Gasteiger partial charge on any atom is 0.126 e. The highest BCUT2D eigenvalue weighted by molar-refractivity contribution is 5.31. The zero-order chi connectivity index (χ0) is 11.7. The summed E-state index contributed by atoms with van der Waals surface area (Å²) >= 11 is 0. The lowest BCUT2D eigenvalue weighted by Crippen LogP contribution is -1.99. The number of rotatable bonds is 4. The molecule has 1 aliphatic heterocycles. The van der Waals surface area contributed by atoms with E-state index < -0.39 is 0 Å². The van der Waals surface area contributed by atoms with E-state index in [4.69, 9.17) is 4.74 Å². The quantitative estimate of drug-likeness (QED) is 0.710. The predicted molar refractivity (Wildman–Crippen MR) is 63.1 cm³/mol. The summed E-state index contributed by atoms with van der Waals surface area (Å²) in [6.45, 7) is 6.10. The van der Waals surface area contributed by atoms with Crippen molar-refractivity contribution in [2.75, 3.05) is 0 Å². The van der Waals surface area contributed by atoms with Gasteiger partial charge in [0.05, 0.1) is 12.2 Å². The Hall–Kier alpha value is -0.890. The van der Waals surface area contributed by atoms with Crippen LogP contribution >= 0.6 is 0 Å². The molecule has 0 spiro atoms. The van der Waals surface area contributed by atoms with Crippen molar-refractivity contribution in [3.05, 3.63) is 34.6 Å². The van der Waals surface area contributed by atoms with E-state index >= 15 is 0 Å². The first kappa shape index (κ1) is 11.6. The highest BCUT2D eigenvalue weighted by atomic mass is 19.1. The van der Waals surface area contributed by atoms with Gasteiger partial charge in [0.2, 0.25) is 0 Å². The Morgan fingerprint density at radius 2 is 1.88 bits per heavy atom. The average Bonchev–Trinajstić information content (AvgIpc) is 3.00. The van der Waals surface area contributed by atoms with Gasteiger partial charge in [-0.15, -0.1) is 0 Å². The van der Waals surface area contributed by atoms with Gasteiger partial charge in [-0.1, -0.05) is 13.0 Å². The minimum absolute atomic E-state index is 0.0724. The van der Waals surface area contributed by atoms with Gasteiger partial charge < -0.3 is 4.74 Å². The second kappa shape index (κ2) is 4.54. The van der Waals surface area contributed by atoms with Crippen molar-refractivity contribution in [1.29, 1.82) is 0 Å². The van der Waals surface area contributed by atoms with Gasteiger partial charge in [-0.2, -0.15) is 0 Å². The monoisotopic (exact) mass is 222 g/mol. The Balaban J connectivity index is 1.97. The third-order valence-electron chi connectivity index (χ3n) is 3.45. The Labute approximate surface area is 96.6 Å². The first-order valence-electron chi connectivity index (χ1n) is 6.03. The lowest BCUT2D eigenvalue weighted by atomic mass is 10.0. The van der Waals surface area contributed by atoms with Crippen LogP contribution in [-0.2, 0) is 11.2 Å². The van der Waals surface area contributed by atoms with Gasteiger partial charge in [-0.05, 0) is 55.9 Å². The molecule has 0 bridgehead atoms. The van der Waals surface area contributed by atoms with Crippen molar-refractivity contribution >= 4 is 0 Å². The lowest BCUT2D eigenvalue weighted by Gasteiger charge is -2.06. The van der Waals surface area contributed by atoms with E-state index in [9.17, 15) is 4.39 Å². The molecule has 1 nitrogen and oxygen atoms in total. The van der Waals surface area contributed by atoms with Crippen LogP contribution in [0, 0.1) is 19.7 Å². The Bertz CT molecular complexity index is 387. The zero-order valence-electron chi connectivity index (χ0n) is 10.2. The van der Waals surface area contributed by atoms with Crippen LogP contribution in [-0.4, -0.2) is 12.2 Å². The highest BCUT2D eigenvalue weighted by Crippen LogP contribution is 2.29. The van der Waals surface area contributed by atoms with Crippen LogP contribution in [0.5, 0.6) is 0 Å². The van der Waals surface area contributed by atoms with E-state index in [2.05, 4.69) is 6.92 Å². The molecule has 1 aromatic rings. The lowest BCUT2D eigenvalue weighted by molar-refractivity contribution is 0.359. The third-order valence-corrected chi connectivity index (χ3v) is 3.45. The molecule has 0 radical (unpaired) electrons. The average molecular weight is 222 g/mol. The van der Waals surface area contributed by atoms with Gasteiger partial charge in [0.15, 0.2) is 0 Å². The van der Waals surface area contributed by atoms with E-state index in [1.807, 2.05) is 19.9 Å². The van der Waals surface area contributed by atoms with E-state index in [0.717, 1.165) is 30.4 Å². The summed E-state index contributed by atoms with van der Waals surface area (Å²) in [5, 5.41) is 0. The smallest absolute Gasteiger partial charge is 0.126 e. The van der Waals surface area contributed by atoms with E-state index in [-0.39, 0.29) is 5.82 Å². The van der Waals surface area contributed by atoms with Crippen LogP contribution in [0.3, 0.4) is 0 Å². The summed E-state index contributed by atoms with van der Waals surface area (Å²) in [6.07, 6.45) is 3.59. The second-order valence-electron chi connectivity index (χ2n) is 4.69. The predicted octanol–water partition coefficient (Wildman–Crippen LogP) is 3.55. The number of ether oxygens (including phenoxy) is 1. The van der Waals surface area contributed by atoms with Gasteiger partial charge in [0.25, 0.3) is 0 Å². The molecule has 0 amide bonds. The molecule has 16 heavy (non-hydrogen) atoms. The number of halogens is 1. The topological polar surface area (TPSA) is 12.5 Å². The standard InChI is InChI=1S/C14H19FO/c1-4-13-14(16-13)6-5-11-7-9(2)10(3)8-12(11)15/h7-8,13-14H,4-6H2,1-3H3. The molecule has 0 N–H and O–H groups in total. The Morgan fingerprint density at radius 3 is 2.50 bits per heavy atom. The van der Waals surface area contributed by atoms with Gasteiger partial charge in [0, 0.05) is 0 Å². The van der Waals surface area contributed by atoms with Crippen molar-refractivity contribution in [3.63, 3.8) is 0 Å². The van der Waals surface area contributed by atoms with Gasteiger partial charge in [0.1, 0.15) is 5.82 Å². The fraction of sp³-hybridized carbons (Fsp3) is 0.571. The fourth-order valence-electron chi connectivity index (χ4n) is 2.12. The number of hydrogen-bond donors (Lipinski definition) is 0. The number of hydrogen-bond acceptors (Lipinski definition) is 1. The first-order chi connectivity index (χ1) is 7.61. The largest absolute Gasteiger partial charge is 0.370 e. The molecule has 2 unspecified atom stereocenters. The maximum absolute atomic E-state index is 13.6. The summed E-state index contributed by atoms with van der Waals surface area (Å²) in [6, 6.07) is 3.60. The van der Waals surface area contributed by atoms with Gasteiger partial charge >= 0.3 is 0 Å². The van der Waals surface area contributed by atoms with Crippen LogP contribution in [0.2, 0.25) is 0 Å². The summed E-state index contributed by atoms with van der Waals surface area (Å²) < 4.78 is 19.1. The van der Waals surface area contributed by atoms with Gasteiger partial charge in [-0.3, -0.25) is 0 Å². The third kappa shape index (κ3) is 2.43. The molecule has 0 aromatic heterocycles. The number of aryl methyl sites for hydroxylation is 3. The molecular formula is C14H19FO. The summed E-state index contributed by atoms with van der Waals surface area (Å²) in [5.41, 5.74) is 3.02. The molecule has 1 fully saturated rings. The van der Waals surface area contributed by atoms with Crippen molar-refractivity contribution in [2.24, 2.45) is 0 Å². The molecule has 1 aromatic carbocycles. The van der Waals surface area contributed by atoms with Crippen LogP contribution in [0.25, 0.3) is 0 Å². The summed E-state index contributed by atoms with van der Waals surface area (Å²) in [7, 11) is 0. The van der Waals surface area contributed by atoms with Crippen LogP contribution in [0.1, 0.15) is 36.5 Å². The Morgan fingerprint density at radius 1 is 1.19 bits per heavy atom. The highest BCUT2D eigenvalue weighted by Gasteiger charge is 2.36. The van der Waals surface area contributed by atoms with Crippen molar-refractivity contribution < 1.29 is 9.13 Å². The molecule has 0 saturated carbocycles. The van der Waals surface area contributed by atoms with Crippen LogP contribution in [0.4, 0.5) is 4.39 Å². The van der Waals surface area contributed by atoms with Crippen LogP contribution < -0.4 is 0 Å². The van der Waals surface area contributed by atoms with Crippen molar-refractivity contribution in [3.8, 4) is 0 Å². The minimum atomic E-state index is -0.0724. The molecule has 0 aliphatic carbocycles. The second-order valence-corrected chi connectivity index (χ2v) is 4.69. The van der Waals surface area contributed by atoms with E-state index in [0.29, 0.717) is 12.2 Å².